The molecule has 0 radical (unpaired) electrons. The van der Waals surface area contributed by atoms with E-state index in [-0.39, 0.29) is 18.3 Å². The van der Waals surface area contributed by atoms with E-state index in [4.69, 9.17) is 4.74 Å². The number of carbonyl (C=O) groups excluding carboxylic acids is 2. The molecule has 1 aromatic carbocycles. The third kappa shape index (κ3) is 4.08. The lowest BCUT2D eigenvalue weighted by Crippen LogP contribution is -2.35. The topological polar surface area (TPSA) is 46.6 Å². The summed E-state index contributed by atoms with van der Waals surface area (Å²) >= 11 is 0. The Labute approximate surface area is 119 Å². The summed E-state index contributed by atoms with van der Waals surface area (Å²) in [5.41, 5.74) is 0.649. The van der Waals surface area contributed by atoms with Gasteiger partial charge in [-0.25, -0.2) is 0 Å². The van der Waals surface area contributed by atoms with Crippen LogP contribution in [0.4, 0.5) is 0 Å². The largest absolute Gasteiger partial charge is 0.484 e. The highest BCUT2D eigenvalue weighted by Crippen LogP contribution is 2.14. The smallest absolute Gasteiger partial charge is 0.260 e. The van der Waals surface area contributed by atoms with Gasteiger partial charge in [-0.05, 0) is 44.0 Å². The predicted octanol–water partition coefficient (Wildman–Crippen LogP) is 2.67. The molecule has 0 spiro atoms. The normalized spacial score (nSPS) is 15.6. The molecule has 0 saturated carbocycles. The number of ether oxygens (including phenoxy) is 1. The molecule has 0 aliphatic carbocycles. The lowest BCUT2D eigenvalue weighted by atomic mass is 10.1. The van der Waals surface area contributed by atoms with Gasteiger partial charge < -0.3 is 9.64 Å². The van der Waals surface area contributed by atoms with Crippen molar-refractivity contribution in [3.05, 3.63) is 29.8 Å². The number of carbonyl (C=O) groups is 2. The third-order valence-corrected chi connectivity index (χ3v) is 3.58. The number of hydrogen-bond acceptors (Lipinski definition) is 3. The number of hydrogen-bond donors (Lipinski definition) is 0. The van der Waals surface area contributed by atoms with E-state index < -0.39 is 0 Å². The molecule has 1 heterocycles. The summed E-state index contributed by atoms with van der Waals surface area (Å²) in [6.45, 7) is 3.27. The molecule has 0 aromatic heterocycles. The van der Waals surface area contributed by atoms with Gasteiger partial charge in [-0.2, -0.15) is 0 Å². The number of Topliss-reactive ketones (excluding diaryl/α,β-unsaturated/α-hetero) is 1. The minimum Gasteiger partial charge on any atom is -0.484 e. The van der Waals surface area contributed by atoms with Gasteiger partial charge >= 0.3 is 0 Å². The van der Waals surface area contributed by atoms with Gasteiger partial charge in [0.25, 0.3) is 5.91 Å². The van der Waals surface area contributed by atoms with Crippen LogP contribution in [0.3, 0.4) is 0 Å². The Kier molecular flexibility index (Phi) is 5.16. The first kappa shape index (κ1) is 14.6. The molecule has 108 valence electrons. The van der Waals surface area contributed by atoms with Gasteiger partial charge in [-0.15, -0.1) is 0 Å². The first-order valence-electron chi connectivity index (χ1n) is 7.18. The molecular formula is C16H21NO3. The van der Waals surface area contributed by atoms with E-state index in [1.165, 1.54) is 19.8 Å². The van der Waals surface area contributed by atoms with Crippen LogP contribution in [0, 0.1) is 0 Å². The Hall–Kier alpha value is -1.84. The fourth-order valence-electron chi connectivity index (χ4n) is 2.34. The van der Waals surface area contributed by atoms with Gasteiger partial charge in [0.1, 0.15) is 5.75 Å². The Morgan fingerprint density at radius 1 is 1.05 bits per heavy atom. The van der Waals surface area contributed by atoms with Crippen molar-refractivity contribution in [2.24, 2.45) is 0 Å². The summed E-state index contributed by atoms with van der Waals surface area (Å²) in [5, 5.41) is 0. The first-order chi connectivity index (χ1) is 9.66. The maximum Gasteiger partial charge on any atom is 0.260 e. The van der Waals surface area contributed by atoms with Crippen molar-refractivity contribution in [3.8, 4) is 5.75 Å². The minimum absolute atomic E-state index is 0.0252. The average molecular weight is 275 g/mol. The van der Waals surface area contributed by atoms with Gasteiger partial charge in [0.05, 0.1) is 0 Å². The summed E-state index contributed by atoms with van der Waals surface area (Å²) in [7, 11) is 0. The second kappa shape index (κ2) is 7.08. The first-order valence-corrected chi connectivity index (χ1v) is 7.18. The highest BCUT2D eigenvalue weighted by molar-refractivity contribution is 5.94. The van der Waals surface area contributed by atoms with E-state index >= 15 is 0 Å². The molecule has 0 unspecified atom stereocenters. The summed E-state index contributed by atoms with van der Waals surface area (Å²) in [4.78, 5) is 25.1. The summed E-state index contributed by atoms with van der Waals surface area (Å²) < 4.78 is 5.49. The fourth-order valence-corrected chi connectivity index (χ4v) is 2.34. The van der Waals surface area contributed by atoms with Crippen molar-refractivity contribution in [3.63, 3.8) is 0 Å². The van der Waals surface area contributed by atoms with Gasteiger partial charge in [0, 0.05) is 18.7 Å². The predicted molar refractivity (Wildman–Crippen MR) is 77.0 cm³/mol. The van der Waals surface area contributed by atoms with E-state index in [0.717, 1.165) is 25.9 Å². The van der Waals surface area contributed by atoms with Crippen molar-refractivity contribution in [1.82, 2.24) is 4.90 Å². The zero-order chi connectivity index (χ0) is 14.4. The SMILES string of the molecule is CC(=O)c1ccc(OCC(=O)N2CCCCCC2)cc1. The van der Waals surface area contributed by atoms with Crippen LogP contribution in [-0.2, 0) is 4.79 Å². The molecular weight excluding hydrogens is 254 g/mol. The van der Waals surface area contributed by atoms with E-state index in [1.807, 2.05) is 4.90 Å². The standard InChI is InChI=1S/C16H21NO3/c1-13(18)14-6-8-15(9-7-14)20-12-16(19)17-10-4-2-3-5-11-17/h6-9H,2-5,10-12H2,1H3. The fraction of sp³-hybridized carbons (Fsp3) is 0.500. The summed E-state index contributed by atoms with van der Waals surface area (Å²) in [6.07, 6.45) is 4.58. The number of nitrogens with zero attached hydrogens (tertiary/aromatic N) is 1. The molecule has 0 N–H and O–H groups in total. The van der Waals surface area contributed by atoms with Crippen LogP contribution in [-0.4, -0.2) is 36.3 Å². The summed E-state index contributed by atoms with van der Waals surface area (Å²) in [6, 6.07) is 6.89. The lowest BCUT2D eigenvalue weighted by Gasteiger charge is -2.20. The molecule has 2 rings (SSSR count). The van der Waals surface area contributed by atoms with E-state index in [0.29, 0.717) is 11.3 Å². The Balaban J connectivity index is 1.84. The van der Waals surface area contributed by atoms with Crippen LogP contribution in [0.5, 0.6) is 5.75 Å². The van der Waals surface area contributed by atoms with Crippen LogP contribution in [0.25, 0.3) is 0 Å². The monoisotopic (exact) mass is 275 g/mol. The lowest BCUT2D eigenvalue weighted by molar-refractivity contribution is -0.133. The number of rotatable bonds is 4. The molecule has 0 bridgehead atoms. The average Bonchev–Trinajstić information content (AvgIpc) is 2.74. The molecule has 1 aliphatic heterocycles. The molecule has 1 fully saturated rings. The molecule has 0 atom stereocenters. The van der Waals surface area contributed by atoms with Gasteiger partial charge in [-0.3, -0.25) is 9.59 Å². The van der Waals surface area contributed by atoms with Crippen molar-refractivity contribution >= 4 is 11.7 Å². The second-order valence-electron chi connectivity index (χ2n) is 5.16. The second-order valence-corrected chi connectivity index (χ2v) is 5.16. The molecule has 1 saturated heterocycles. The molecule has 1 aliphatic rings. The third-order valence-electron chi connectivity index (χ3n) is 3.58. The maximum absolute atomic E-state index is 12.0. The van der Waals surface area contributed by atoms with Crippen LogP contribution >= 0.6 is 0 Å². The van der Waals surface area contributed by atoms with Crippen molar-refractivity contribution < 1.29 is 14.3 Å². The quantitative estimate of drug-likeness (QED) is 0.794. The highest BCUT2D eigenvalue weighted by atomic mass is 16.5. The van der Waals surface area contributed by atoms with Crippen LogP contribution in [0.2, 0.25) is 0 Å². The number of amides is 1. The van der Waals surface area contributed by atoms with Crippen molar-refractivity contribution in [2.45, 2.75) is 32.6 Å². The zero-order valence-corrected chi connectivity index (χ0v) is 11.9. The Morgan fingerprint density at radius 2 is 1.65 bits per heavy atom. The van der Waals surface area contributed by atoms with E-state index in [9.17, 15) is 9.59 Å². The van der Waals surface area contributed by atoms with Crippen molar-refractivity contribution in [2.75, 3.05) is 19.7 Å². The van der Waals surface area contributed by atoms with Crippen LogP contribution in [0.15, 0.2) is 24.3 Å². The number of ketones is 1. The number of likely N-dealkylation sites (tertiary alicyclic amines) is 1. The number of benzene rings is 1. The van der Waals surface area contributed by atoms with Gasteiger partial charge in [-0.1, -0.05) is 12.8 Å². The molecule has 4 heteroatoms. The molecule has 1 aromatic rings. The zero-order valence-electron chi connectivity index (χ0n) is 11.9. The maximum atomic E-state index is 12.0. The Morgan fingerprint density at radius 3 is 2.20 bits per heavy atom. The molecule has 20 heavy (non-hydrogen) atoms. The van der Waals surface area contributed by atoms with Crippen LogP contribution < -0.4 is 4.74 Å². The highest BCUT2D eigenvalue weighted by Gasteiger charge is 2.15. The molecule has 1 amide bonds. The Bertz CT molecular complexity index is 459. The van der Waals surface area contributed by atoms with E-state index in [1.54, 1.807) is 24.3 Å². The van der Waals surface area contributed by atoms with Crippen LogP contribution in [0.1, 0.15) is 43.0 Å². The van der Waals surface area contributed by atoms with E-state index in [2.05, 4.69) is 0 Å². The van der Waals surface area contributed by atoms with Gasteiger partial charge in [0.2, 0.25) is 0 Å². The summed E-state index contributed by atoms with van der Waals surface area (Å²) in [5.74, 6) is 0.693. The minimum atomic E-state index is 0.0252. The van der Waals surface area contributed by atoms with Gasteiger partial charge in [0.15, 0.2) is 12.4 Å². The molecule has 4 nitrogen and oxygen atoms in total. The van der Waals surface area contributed by atoms with Crippen molar-refractivity contribution in [1.29, 1.82) is 0 Å².